The van der Waals surface area contributed by atoms with Gasteiger partial charge in [0, 0.05) is 5.56 Å². The topological polar surface area (TPSA) is 31.0 Å². The van der Waals surface area contributed by atoms with Gasteiger partial charge in [0.1, 0.15) is 11.6 Å². The van der Waals surface area contributed by atoms with Gasteiger partial charge in [-0.05, 0) is 31.2 Å². The standard InChI is InChI=1S/C19H16N2O/c1-14-8-10-15(11-9-14)19-20-17-6-2-3-7-18(17)21(19)13-16-5-4-12-22-16/h2-12H,13H2,1H3. The molecule has 0 unspecified atom stereocenters. The van der Waals surface area contributed by atoms with E-state index in [4.69, 9.17) is 9.40 Å². The van der Waals surface area contributed by atoms with Crippen LogP contribution in [0.1, 0.15) is 11.3 Å². The molecule has 108 valence electrons. The molecule has 0 atom stereocenters. The third kappa shape index (κ3) is 2.21. The maximum Gasteiger partial charge on any atom is 0.141 e. The van der Waals surface area contributed by atoms with Gasteiger partial charge in [0.05, 0.1) is 23.8 Å². The Bertz CT molecular complexity index is 902. The molecule has 0 aliphatic carbocycles. The number of nitrogens with zero attached hydrogens (tertiary/aromatic N) is 2. The number of aryl methyl sites for hydroxylation is 1. The minimum Gasteiger partial charge on any atom is -0.467 e. The van der Waals surface area contributed by atoms with Crippen LogP contribution in [-0.2, 0) is 6.54 Å². The highest BCUT2D eigenvalue weighted by Gasteiger charge is 2.13. The first-order valence-electron chi connectivity index (χ1n) is 7.36. The lowest BCUT2D eigenvalue weighted by atomic mass is 10.1. The maximum atomic E-state index is 5.52. The van der Waals surface area contributed by atoms with Crippen molar-refractivity contribution in [3.63, 3.8) is 0 Å². The number of fused-ring (bicyclic) bond motifs is 1. The molecule has 0 N–H and O–H groups in total. The third-order valence-corrected chi connectivity index (χ3v) is 3.86. The summed E-state index contributed by atoms with van der Waals surface area (Å²) in [5.41, 5.74) is 4.49. The van der Waals surface area contributed by atoms with Crippen LogP contribution in [0.15, 0.2) is 71.3 Å². The van der Waals surface area contributed by atoms with Crippen LogP contribution in [0.2, 0.25) is 0 Å². The molecule has 0 aliphatic rings. The van der Waals surface area contributed by atoms with Crippen LogP contribution in [0.25, 0.3) is 22.4 Å². The third-order valence-electron chi connectivity index (χ3n) is 3.86. The average Bonchev–Trinajstić information content (AvgIpc) is 3.17. The van der Waals surface area contributed by atoms with E-state index in [-0.39, 0.29) is 0 Å². The Morgan fingerprint density at radius 1 is 0.955 bits per heavy atom. The molecule has 22 heavy (non-hydrogen) atoms. The molecule has 3 nitrogen and oxygen atoms in total. The van der Waals surface area contributed by atoms with Crippen molar-refractivity contribution in [3.05, 3.63) is 78.3 Å². The Balaban J connectivity index is 1.91. The van der Waals surface area contributed by atoms with Gasteiger partial charge in [0.25, 0.3) is 0 Å². The number of aromatic nitrogens is 2. The molecule has 0 saturated carbocycles. The van der Waals surface area contributed by atoms with E-state index in [9.17, 15) is 0 Å². The molecule has 2 aromatic heterocycles. The van der Waals surface area contributed by atoms with E-state index in [2.05, 4.69) is 41.8 Å². The Hall–Kier alpha value is -2.81. The van der Waals surface area contributed by atoms with E-state index in [0.717, 1.165) is 28.2 Å². The minimum atomic E-state index is 0.677. The molecule has 2 aromatic carbocycles. The molecule has 0 spiro atoms. The highest BCUT2D eigenvalue weighted by atomic mass is 16.3. The fourth-order valence-corrected chi connectivity index (χ4v) is 2.72. The minimum absolute atomic E-state index is 0.677. The summed E-state index contributed by atoms with van der Waals surface area (Å²) in [5, 5.41) is 0. The monoisotopic (exact) mass is 288 g/mol. The van der Waals surface area contributed by atoms with Crippen molar-refractivity contribution in [1.82, 2.24) is 9.55 Å². The first kappa shape index (κ1) is 12.9. The van der Waals surface area contributed by atoms with Crippen molar-refractivity contribution < 1.29 is 4.42 Å². The molecular formula is C19H16N2O. The van der Waals surface area contributed by atoms with Gasteiger partial charge >= 0.3 is 0 Å². The highest BCUT2D eigenvalue weighted by Crippen LogP contribution is 2.26. The van der Waals surface area contributed by atoms with E-state index in [0.29, 0.717) is 6.54 Å². The summed E-state index contributed by atoms with van der Waals surface area (Å²) < 4.78 is 7.72. The van der Waals surface area contributed by atoms with Gasteiger partial charge in [-0.1, -0.05) is 42.0 Å². The normalized spacial score (nSPS) is 11.1. The van der Waals surface area contributed by atoms with Gasteiger partial charge < -0.3 is 8.98 Å². The lowest BCUT2D eigenvalue weighted by molar-refractivity contribution is 0.497. The first-order chi connectivity index (χ1) is 10.8. The quantitative estimate of drug-likeness (QED) is 0.549. The molecule has 3 heteroatoms. The summed E-state index contributed by atoms with van der Waals surface area (Å²) in [6.07, 6.45) is 1.71. The van der Waals surface area contributed by atoms with Crippen molar-refractivity contribution in [2.75, 3.05) is 0 Å². The van der Waals surface area contributed by atoms with E-state index >= 15 is 0 Å². The van der Waals surface area contributed by atoms with Crippen molar-refractivity contribution in [3.8, 4) is 11.4 Å². The van der Waals surface area contributed by atoms with Gasteiger partial charge in [-0.15, -0.1) is 0 Å². The van der Waals surface area contributed by atoms with Crippen LogP contribution in [-0.4, -0.2) is 9.55 Å². The second-order valence-electron chi connectivity index (χ2n) is 5.46. The second-order valence-corrected chi connectivity index (χ2v) is 5.46. The molecule has 0 amide bonds. The SMILES string of the molecule is Cc1ccc(-c2nc3ccccc3n2Cc2ccco2)cc1. The molecule has 0 aliphatic heterocycles. The number of para-hydroxylation sites is 2. The summed E-state index contributed by atoms with van der Waals surface area (Å²) in [7, 11) is 0. The number of rotatable bonds is 3. The summed E-state index contributed by atoms with van der Waals surface area (Å²) in [6.45, 7) is 2.77. The fraction of sp³-hybridized carbons (Fsp3) is 0.105. The van der Waals surface area contributed by atoms with E-state index in [1.807, 2.05) is 30.3 Å². The zero-order valence-electron chi connectivity index (χ0n) is 12.4. The summed E-state index contributed by atoms with van der Waals surface area (Å²) in [5.74, 6) is 1.90. The van der Waals surface area contributed by atoms with E-state index in [1.54, 1.807) is 6.26 Å². The number of hydrogen-bond acceptors (Lipinski definition) is 2. The fourth-order valence-electron chi connectivity index (χ4n) is 2.72. The van der Waals surface area contributed by atoms with Gasteiger partial charge in [0.2, 0.25) is 0 Å². The summed E-state index contributed by atoms with van der Waals surface area (Å²) in [6, 6.07) is 20.6. The van der Waals surface area contributed by atoms with Gasteiger partial charge in [-0.2, -0.15) is 0 Å². The summed E-state index contributed by atoms with van der Waals surface area (Å²) >= 11 is 0. The Labute approximate surface area is 128 Å². The predicted octanol–water partition coefficient (Wildman–Crippen LogP) is 4.65. The first-order valence-corrected chi connectivity index (χ1v) is 7.36. The highest BCUT2D eigenvalue weighted by molar-refractivity contribution is 5.80. The van der Waals surface area contributed by atoms with E-state index < -0.39 is 0 Å². The number of furan rings is 1. The van der Waals surface area contributed by atoms with Gasteiger partial charge in [-0.3, -0.25) is 0 Å². The molecule has 0 bridgehead atoms. The predicted molar refractivity (Wildman–Crippen MR) is 87.7 cm³/mol. The number of benzene rings is 2. The molecule has 4 aromatic rings. The average molecular weight is 288 g/mol. The van der Waals surface area contributed by atoms with Crippen LogP contribution in [0, 0.1) is 6.92 Å². The van der Waals surface area contributed by atoms with Crippen molar-refractivity contribution in [2.45, 2.75) is 13.5 Å². The maximum absolute atomic E-state index is 5.52. The largest absolute Gasteiger partial charge is 0.467 e. The number of hydrogen-bond donors (Lipinski definition) is 0. The smallest absolute Gasteiger partial charge is 0.141 e. The second kappa shape index (κ2) is 5.19. The Morgan fingerprint density at radius 2 is 1.77 bits per heavy atom. The van der Waals surface area contributed by atoms with Crippen molar-refractivity contribution >= 4 is 11.0 Å². The lowest BCUT2D eigenvalue weighted by Gasteiger charge is -2.08. The van der Waals surface area contributed by atoms with Gasteiger partial charge in [0.15, 0.2) is 0 Å². The van der Waals surface area contributed by atoms with E-state index in [1.165, 1.54) is 5.56 Å². The van der Waals surface area contributed by atoms with Crippen LogP contribution in [0.3, 0.4) is 0 Å². The lowest BCUT2D eigenvalue weighted by Crippen LogP contribution is -2.01. The molecule has 0 saturated heterocycles. The zero-order chi connectivity index (χ0) is 14.9. The molecule has 4 rings (SSSR count). The van der Waals surface area contributed by atoms with Crippen LogP contribution in [0.4, 0.5) is 0 Å². The van der Waals surface area contributed by atoms with Crippen molar-refractivity contribution in [1.29, 1.82) is 0 Å². The van der Waals surface area contributed by atoms with Gasteiger partial charge in [-0.25, -0.2) is 4.98 Å². The molecule has 0 radical (unpaired) electrons. The molecule has 2 heterocycles. The summed E-state index contributed by atoms with van der Waals surface area (Å²) in [4.78, 5) is 4.81. The van der Waals surface area contributed by atoms with Crippen LogP contribution < -0.4 is 0 Å². The Kier molecular flexibility index (Phi) is 3.04. The Morgan fingerprint density at radius 3 is 2.55 bits per heavy atom. The van der Waals surface area contributed by atoms with Crippen LogP contribution >= 0.6 is 0 Å². The molecular weight excluding hydrogens is 272 g/mol. The zero-order valence-corrected chi connectivity index (χ0v) is 12.4. The number of imidazole rings is 1. The molecule has 0 fully saturated rings. The van der Waals surface area contributed by atoms with Crippen molar-refractivity contribution in [2.24, 2.45) is 0 Å². The van der Waals surface area contributed by atoms with Crippen LogP contribution in [0.5, 0.6) is 0 Å².